The molecule has 0 saturated carbocycles. The molecule has 130 valence electrons. The number of carboxylic acids is 1. The summed E-state index contributed by atoms with van der Waals surface area (Å²) in [6.45, 7) is 0.822. The summed E-state index contributed by atoms with van der Waals surface area (Å²) in [5.74, 6) is 5.41. The molecule has 0 atom stereocenters. The van der Waals surface area contributed by atoms with Crippen LogP contribution in [-0.2, 0) is 17.8 Å². The van der Waals surface area contributed by atoms with Gasteiger partial charge in [-0.25, -0.2) is 4.79 Å². The van der Waals surface area contributed by atoms with Crippen LogP contribution in [0.4, 0.5) is 0 Å². The third kappa shape index (κ3) is 5.27. The number of hydrogen-bond donors (Lipinski definition) is 1. The molecule has 0 aromatic heterocycles. The van der Waals surface area contributed by atoms with E-state index >= 15 is 0 Å². The lowest BCUT2D eigenvalue weighted by molar-refractivity contribution is 0.0692. The summed E-state index contributed by atoms with van der Waals surface area (Å²) >= 11 is 0. The highest BCUT2D eigenvalue weighted by molar-refractivity contribution is 5.92. The van der Waals surface area contributed by atoms with Crippen LogP contribution in [-0.4, -0.2) is 31.9 Å². The normalized spacial score (nSPS) is 9.84. The average Bonchev–Trinajstić information content (AvgIpc) is 2.64. The van der Waals surface area contributed by atoms with E-state index in [4.69, 9.17) is 14.2 Å². The Morgan fingerprint density at radius 2 is 1.80 bits per heavy atom. The summed E-state index contributed by atoms with van der Waals surface area (Å²) < 4.78 is 15.8. The van der Waals surface area contributed by atoms with Crippen LogP contribution in [0.1, 0.15) is 21.5 Å². The van der Waals surface area contributed by atoms with Crippen molar-refractivity contribution in [2.45, 2.75) is 13.0 Å². The smallest absolute Gasteiger partial charge is 0.339 e. The van der Waals surface area contributed by atoms with Gasteiger partial charge >= 0.3 is 5.97 Å². The average molecular weight is 340 g/mol. The first-order valence-electron chi connectivity index (χ1n) is 7.71. The summed E-state index contributed by atoms with van der Waals surface area (Å²) in [7, 11) is 2.88. The molecule has 5 heteroatoms. The molecule has 0 spiro atoms. The van der Waals surface area contributed by atoms with Crippen LogP contribution < -0.4 is 9.47 Å². The number of benzene rings is 2. The van der Waals surface area contributed by atoms with Gasteiger partial charge in [0.2, 0.25) is 0 Å². The van der Waals surface area contributed by atoms with Crippen molar-refractivity contribution >= 4 is 5.97 Å². The van der Waals surface area contributed by atoms with Crippen molar-refractivity contribution in [1.82, 2.24) is 0 Å². The zero-order chi connectivity index (χ0) is 18.1. The molecule has 0 aliphatic carbocycles. The Hall–Kier alpha value is -2.97. The largest absolute Gasteiger partial charge is 0.493 e. The van der Waals surface area contributed by atoms with Crippen molar-refractivity contribution < 1.29 is 24.1 Å². The second kappa shape index (κ2) is 9.36. The number of hydrogen-bond acceptors (Lipinski definition) is 4. The molecule has 0 amide bonds. The molecular formula is C20H20O5. The highest BCUT2D eigenvalue weighted by Crippen LogP contribution is 2.32. The van der Waals surface area contributed by atoms with E-state index in [2.05, 4.69) is 11.8 Å². The molecule has 0 heterocycles. The highest BCUT2D eigenvalue weighted by atomic mass is 16.5. The molecular weight excluding hydrogens is 320 g/mol. The Balaban J connectivity index is 1.96. The van der Waals surface area contributed by atoms with Crippen LogP contribution in [0.15, 0.2) is 42.5 Å². The number of rotatable bonds is 7. The number of carboxylic acid groups (broad SMARTS) is 1. The van der Waals surface area contributed by atoms with Gasteiger partial charge in [-0.2, -0.15) is 0 Å². The van der Waals surface area contributed by atoms with E-state index in [1.54, 1.807) is 12.1 Å². The summed E-state index contributed by atoms with van der Waals surface area (Å²) in [4.78, 5) is 11.4. The maximum absolute atomic E-state index is 11.4. The van der Waals surface area contributed by atoms with Crippen LogP contribution >= 0.6 is 0 Å². The second-order valence-corrected chi connectivity index (χ2v) is 5.19. The minimum atomic E-state index is -1.07. The summed E-state index contributed by atoms with van der Waals surface area (Å²) in [6, 6.07) is 13.1. The van der Waals surface area contributed by atoms with Crippen molar-refractivity contribution in [3.8, 4) is 23.3 Å². The number of carbonyl (C=O) groups is 1. The first kappa shape index (κ1) is 18.4. The van der Waals surface area contributed by atoms with E-state index < -0.39 is 5.97 Å². The summed E-state index contributed by atoms with van der Waals surface area (Å²) in [5.41, 5.74) is 1.89. The van der Waals surface area contributed by atoms with Crippen molar-refractivity contribution in [3.63, 3.8) is 0 Å². The van der Waals surface area contributed by atoms with Gasteiger partial charge in [-0.05, 0) is 23.3 Å². The fourth-order valence-electron chi connectivity index (χ4n) is 2.29. The van der Waals surface area contributed by atoms with E-state index in [0.717, 1.165) is 11.1 Å². The van der Waals surface area contributed by atoms with Crippen molar-refractivity contribution in [1.29, 1.82) is 0 Å². The molecule has 0 unspecified atom stereocenters. The molecule has 0 saturated heterocycles. The molecule has 2 rings (SSSR count). The predicted octanol–water partition coefficient (Wildman–Crippen LogP) is 3.16. The van der Waals surface area contributed by atoms with Gasteiger partial charge in [0.25, 0.3) is 0 Å². The van der Waals surface area contributed by atoms with E-state index in [1.165, 1.54) is 14.2 Å². The van der Waals surface area contributed by atoms with Crippen molar-refractivity contribution in [2.75, 3.05) is 20.8 Å². The molecule has 2 aromatic carbocycles. The zero-order valence-electron chi connectivity index (χ0n) is 14.2. The molecule has 0 aliphatic rings. The summed E-state index contributed by atoms with van der Waals surface area (Å²) in [5, 5.41) is 9.30. The first-order chi connectivity index (χ1) is 12.2. The van der Waals surface area contributed by atoms with Gasteiger partial charge in [0, 0.05) is 6.42 Å². The minimum Gasteiger partial charge on any atom is -0.493 e. The Kier molecular flexibility index (Phi) is 6.87. The molecule has 0 radical (unpaired) electrons. The molecule has 25 heavy (non-hydrogen) atoms. The number of aromatic carboxylic acids is 1. The fourth-order valence-corrected chi connectivity index (χ4v) is 2.29. The van der Waals surface area contributed by atoms with Gasteiger partial charge in [0.05, 0.1) is 20.8 Å². The Morgan fingerprint density at radius 3 is 2.44 bits per heavy atom. The van der Waals surface area contributed by atoms with Gasteiger partial charge in [-0.15, -0.1) is 0 Å². The molecule has 2 aromatic rings. The fraction of sp³-hybridized carbons (Fsp3) is 0.250. The molecule has 0 aliphatic heterocycles. The lowest BCUT2D eigenvalue weighted by Crippen LogP contribution is -2.04. The lowest BCUT2D eigenvalue weighted by atomic mass is 10.1. The SMILES string of the molecule is COc1cc(CC#CCOCc2ccccc2)cc(C(=O)O)c1OC. The summed E-state index contributed by atoms with van der Waals surface area (Å²) in [6.07, 6.45) is 0.398. The van der Waals surface area contributed by atoms with Gasteiger partial charge < -0.3 is 19.3 Å². The van der Waals surface area contributed by atoms with Crippen LogP contribution in [0.3, 0.4) is 0 Å². The number of methoxy groups -OCH3 is 2. The van der Waals surface area contributed by atoms with E-state index in [9.17, 15) is 9.90 Å². The van der Waals surface area contributed by atoms with Gasteiger partial charge in [-0.3, -0.25) is 0 Å². The third-order valence-corrected chi connectivity index (χ3v) is 3.47. The van der Waals surface area contributed by atoms with E-state index in [-0.39, 0.29) is 11.3 Å². The monoisotopic (exact) mass is 340 g/mol. The van der Waals surface area contributed by atoms with Crippen LogP contribution in [0, 0.1) is 11.8 Å². The van der Waals surface area contributed by atoms with E-state index in [1.807, 2.05) is 30.3 Å². The van der Waals surface area contributed by atoms with Crippen LogP contribution in [0.5, 0.6) is 11.5 Å². The van der Waals surface area contributed by atoms with Gasteiger partial charge in [0.15, 0.2) is 11.5 Å². The minimum absolute atomic E-state index is 0.0546. The van der Waals surface area contributed by atoms with E-state index in [0.29, 0.717) is 25.4 Å². The maximum atomic E-state index is 11.4. The standard InChI is InChI=1S/C20H20O5/c1-23-18-13-16(12-17(20(21)22)19(18)24-2)10-6-7-11-25-14-15-8-4-3-5-9-15/h3-5,8-9,12-13H,10-11,14H2,1-2H3,(H,21,22). The Morgan fingerprint density at radius 1 is 1.04 bits per heavy atom. The van der Waals surface area contributed by atoms with Crippen LogP contribution in [0.2, 0.25) is 0 Å². The topological polar surface area (TPSA) is 65.0 Å². The van der Waals surface area contributed by atoms with Gasteiger partial charge in [0.1, 0.15) is 12.2 Å². The highest BCUT2D eigenvalue weighted by Gasteiger charge is 2.17. The lowest BCUT2D eigenvalue weighted by Gasteiger charge is -2.11. The first-order valence-corrected chi connectivity index (χ1v) is 7.71. The Bertz CT molecular complexity index is 772. The van der Waals surface area contributed by atoms with Gasteiger partial charge in [-0.1, -0.05) is 42.2 Å². The molecule has 0 bridgehead atoms. The molecule has 5 nitrogen and oxygen atoms in total. The van der Waals surface area contributed by atoms with Crippen LogP contribution in [0.25, 0.3) is 0 Å². The third-order valence-electron chi connectivity index (χ3n) is 3.47. The second-order valence-electron chi connectivity index (χ2n) is 5.19. The molecule has 0 fully saturated rings. The quantitative estimate of drug-likeness (QED) is 0.619. The maximum Gasteiger partial charge on any atom is 0.339 e. The molecule has 1 N–H and O–H groups in total. The zero-order valence-corrected chi connectivity index (χ0v) is 14.2. The Labute approximate surface area is 147 Å². The van der Waals surface area contributed by atoms with Crippen molar-refractivity contribution in [3.05, 3.63) is 59.2 Å². The van der Waals surface area contributed by atoms with Crippen molar-refractivity contribution in [2.24, 2.45) is 0 Å². The predicted molar refractivity (Wildman–Crippen MR) is 94.1 cm³/mol. The number of ether oxygens (including phenoxy) is 3.